The largest absolute Gasteiger partial charge is 0.382 e. The number of nitrogen functional groups attached to an aromatic ring is 1. The molecule has 0 saturated carbocycles. The maximum atomic E-state index is 5.75. The lowest BCUT2D eigenvalue weighted by molar-refractivity contribution is 0.150. The van der Waals surface area contributed by atoms with Crippen molar-refractivity contribution >= 4 is 5.82 Å². The van der Waals surface area contributed by atoms with Crippen LogP contribution >= 0.6 is 0 Å². The van der Waals surface area contributed by atoms with Gasteiger partial charge >= 0.3 is 0 Å². The maximum absolute atomic E-state index is 5.75. The van der Waals surface area contributed by atoms with Crippen LogP contribution in [-0.4, -0.2) is 23.4 Å². The van der Waals surface area contributed by atoms with Gasteiger partial charge in [-0.25, -0.2) is 0 Å². The molecule has 1 aromatic rings. The van der Waals surface area contributed by atoms with Crippen molar-refractivity contribution < 1.29 is 4.74 Å². The monoisotopic (exact) mass is 197 g/mol. The molecule has 4 heteroatoms. The lowest BCUT2D eigenvalue weighted by Gasteiger charge is -2.02. The van der Waals surface area contributed by atoms with E-state index in [9.17, 15) is 0 Å². The highest BCUT2D eigenvalue weighted by molar-refractivity contribution is 5.42. The Hall–Kier alpha value is -1.03. The Morgan fingerprint density at radius 1 is 1.36 bits per heavy atom. The van der Waals surface area contributed by atoms with Crippen LogP contribution in [0, 0.1) is 0 Å². The Labute approximate surface area is 84.8 Å². The predicted molar refractivity (Wildman–Crippen MR) is 57.2 cm³/mol. The van der Waals surface area contributed by atoms with Crippen LogP contribution in [0.5, 0.6) is 0 Å². The van der Waals surface area contributed by atoms with Crippen molar-refractivity contribution in [1.29, 1.82) is 0 Å². The average molecular weight is 197 g/mol. The lowest BCUT2D eigenvalue weighted by atomic mass is 10.1. The van der Waals surface area contributed by atoms with Gasteiger partial charge in [-0.3, -0.25) is 5.10 Å². The second kappa shape index (κ2) is 5.65. The fraction of sp³-hybridized carbons (Fsp3) is 0.700. The molecule has 1 rings (SSSR count). The third-order valence-corrected chi connectivity index (χ3v) is 2.19. The summed E-state index contributed by atoms with van der Waals surface area (Å²) in [7, 11) is 0. The number of aromatic amines is 1. The molecule has 0 aromatic carbocycles. The summed E-state index contributed by atoms with van der Waals surface area (Å²) in [6.07, 6.45) is 2.95. The van der Waals surface area contributed by atoms with E-state index in [2.05, 4.69) is 17.1 Å². The van der Waals surface area contributed by atoms with Gasteiger partial charge in [0.25, 0.3) is 0 Å². The van der Waals surface area contributed by atoms with Gasteiger partial charge in [-0.1, -0.05) is 13.3 Å². The van der Waals surface area contributed by atoms with Crippen LogP contribution in [0.2, 0.25) is 0 Å². The van der Waals surface area contributed by atoms with Crippen LogP contribution in [0.3, 0.4) is 0 Å². The number of nitrogens with two attached hydrogens (primary N) is 1. The number of anilines is 1. The Morgan fingerprint density at radius 3 is 2.79 bits per heavy atom. The molecule has 0 aliphatic rings. The molecule has 0 aliphatic carbocycles. The van der Waals surface area contributed by atoms with Gasteiger partial charge in [-0.15, -0.1) is 0 Å². The molecule has 0 radical (unpaired) electrons. The van der Waals surface area contributed by atoms with E-state index in [0.717, 1.165) is 43.7 Å². The van der Waals surface area contributed by atoms with Crippen molar-refractivity contribution in [3.63, 3.8) is 0 Å². The number of hydrogen-bond acceptors (Lipinski definition) is 3. The first-order valence-corrected chi connectivity index (χ1v) is 5.18. The Bertz CT molecular complexity index is 270. The first-order valence-electron chi connectivity index (χ1n) is 5.18. The molecule has 4 nitrogen and oxygen atoms in total. The SMILES string of the molecule is CCCc1c(N)n[nH]c1CCOCC. The minimum atomic E-state index is 0.637. The predicted octanol–water partition coefficient (Wildman–Crippen LogP) is 1.52. The van der Waals surface area contributed by atoms with Crippen molar-refractivity contribution in [2.45, 2.75) is 33.1 Å². The van der Waals surface area contributed by atoms with Crippen LogP contribution in [0.4, 0.5) is 5.82 Å². The molecular formula is C10H19N3O. The van der Waals surface area contributed by atoms with Gasteiger partial charge in [-0.2, -0.15) is 5.10 Å². The fourth-order valence-corrected chi connectivity index (χ4v) is 1.47. The Morgan fingerprint density at radius 2 is 2.14 bits per heavy atom. The van der Waals surface area contributed by atoms with Crippen LogP contribution in [0.25, 0.3) is 0 Å². The van der Waals surface area contributed by atoms with Gasteiger partial charge in [0.2, 0.25) is 0 Å². The van der Waals surface area contributed by atoms with Gasteiger partial charge < -0.3 is 10.5 Å². The topological polar surface area (TPSA) is 63.9 Å². The van der Waals surface area contributed by atoms with Crippen molar-refractivity contribution in [3.05, 3.63) is 11.3 Å². The van der Waals surface area contributed by atoms with Crippen LogP contribution in [0.1, 0.15) is 31.5 Å². The zero-order valence-electron chi connectivity index (χ0n) is 8.97. The van der Waals surface area contributed by atoms with Gasteiger partial charge in [-0.05, 0) is 13.3 Å². The van der Waals surface area contributed by atoms with Crippen LogP contribution in [-0.2, 0) is 17.6 Å². The van der Waals surface area contributed by atoms with Crippen molar-refractivity contribution in [2.75, 3.05) is 18.9 Å². The molecule has 0 aliphatic heterocycles. The summed E-state index contributed by atoms with van der Waals surface area (Å²) in [4.78, 5) is 0. The molecule has 14 heavy (non-hydrogen) atoms. The zero-order chi connectivity index (χ0) is 10.4. The van der Waals surface area contributed by atoms with E-state index in [1.165, 1.54) is 0 Å². The van der Waals surface area contributed by atoms with E-state index in [-0.39, 0.29) is 0 Å². The molecule has 1 aromatic heterocycles. The van der Waals surface area contributed by atoms with E-state index in [1.807, 2.05) is 6.92 Å². The van der Waals surface area contributed by atoms with E-state index in [0.29, 0.717) is 5.82 Å². The molecule has 0 unspecified atom stereocenters. The summed E-state index contributed by atoms with van der Waals surface area (Å²) in [5, 5.41) is 6.97. The Kier molecular flexibility index (Phi) is 4.46. The molecule has 80 valence electrons. The molecule has 0 fully saturated rings. The van der Waals surface area contributed by atoms with Gasteiger partial charge in [0.05, 0.1) is 6.61 Å². The fourth-order valence-electron chi connectivity index (χ4n) is 1.47. The van der Waals surface area contributed by atoms with Crippen molar-refractivity contribution in [1.82, 2.24) is 10.2 Å². The summed E-state index contributed by atoms with van der Waals surface area (Å²) in [6.45, 7) is 5.62. The number of hydrogen-bond donors (Lipinski definition) is 2. The van der Waals surface area contributed by atoms with Crippen LogP contribution in [0.15, 0.2) is 0 Å². The molecular weight excluding hydrogens is 178 g/mol. The Balaban J connectivity index is 2.56. The highest BCUT2D eigenvalue weighted by Gasteiger charge is 2.08. The van der Waals surface area contributed by atoms with E-state index >= 15 is 0 Å². The number of nitrogens with zero attached hydrogens (tertiary/aromatic N) is 1. The normalized spacial score (nSPS) is 10.7. The van der Waals surface area contributed by atoms with Gasteiger partial charge in [0.1, 0.15) is 5.82 Å². The third-order valence-electron chi connectivity index (χ3n) is 2.19. The average Bonchev–Trinajstić information content (AvgIpc) is 2.51. The first kappa shape index (κ1) is 11.0. The number of aromatic nitrogens is 2. The van der Waals surface area contributed by atoms with E-state index in [1.54, 1.807) is 0 Å². The summed E-state index contributed by atoms with van der Waals surface area (Å²) in [5.74, 6) is 0.637. The minimum absolute atomic E-state index is 0.637. The smallest absolute Gasteiger partial charge is 0.148 e. The molecule has 0 amide bonds. The second-order valence-corrected chi connectivity index (χ2v) is 3.26. The number of H-pyrrole nitrogens is 1. The number of ether oxygens (including phenoxy) is 1. The quantitative estimate of drug-likeness (QED) is 0.680. The second-order valence-electron chi connectivity index (χ2n) is 3.26. The first-order chi connectivity index (χ1) is 6.79. The highest BCUT2D eigenvalue weighted by atomic mass is 16.5. The maximum Gasteiger partial charge on any atom is 0.148 e. The molecule has 1 heterocycles. The molecule has 0 bridgehead atoms. The minimum Gasteiger partial charge on any atom is -0.382 e. The van der Waals surface area contributed by atoms with Crippen LogP contribution < -0.4 is 5.73 Å². The van der Waals surface area contributed by atoms with E-state index < -0.39 is 0 Å². The van der Waals surface area contributed by atoms with Crippen molar-refractivity contribution in [2.24, 2.45) is 0 Å². The summed E-state index contributed by atoms with van der Waals surface area (Å²) in [5.41, 5.74) is 8.03. The van der Waals surface area contributed by atoms with Gasteiger partial charge in [0.15, 0.2) is 0 Å². The summed E-state index contributed by atoms with van der Waals surface area (Å²) < 4.78 is 5.29. The molecule has 3 N–H and O–H groups in total. The van der Waals surface area contributed by atoms with Gasteiger partial charge in [0, 0.05) is 24.3 Å². The lowest BCUT2D eigenvalue weighted by Crippen LogP contribution is -2.01. The number of rotatable bonds is 6. The summed E-state index contributed by atoms with van der Waals surface area (Å²) >= 11 is 0. The molecule has 0 atom stereocenters. The molecule has 0 spiro atoms. The van der Waals surface area contributed by atoms with Crippen molar-refractivity contribution in [3.8, 4) is 0 Å². The van der Waals surface area contributed by atoms with E-state index in [4.69, 9.17) is 10.5 Å². The highest BCUT2D eigenvalue weighted by Crippen LogP contribution is 2.15. The third kappa shape index (κ3) is 2.73. The molecule has 0 saturated heterocycles. The summed E-state index contributed by atoms with van der Waals surface area (Å²) in [6, 6.07) is 0. The zero-order valence-corrected chi connectivity index (χ0v) is 8.97. The number of nitrogens with one attached hydrogen (secondary N) is 1. The standard InChI is InChI=1S/C10H19N3O/c1-3-5-8-9(6-7-14-4-2)12-13-10(8)11/h3-7H2,1-2H3,(H3,11,12,13).